The van der Waals surface area contributed by atoms with Crippen molar-refractivity contribution >= 4 is 16.5 Å². The van der Waals surface area contributed by atoms with Crippen LogP contribution in [0.4, 0.5) is 23.2 Å². The van der Waals surface area contributed by atoms with Gasteiger partial charge in [-0.25, -0.2) is 4.39 Å². The molecule has 0 saturated carbocycles. The first-order valence-corrected chi connectivity index (χ1v) is 6.27. The van der Waals surface area contributed by atoms with E-state index >= 15 is 0 Å². The Morgan fingerprint density at radius 1 is 1.05 bits per heavy atom. The monoisotopic (exact) mass is 301 g/mol. The largest absolute Gasteiger partial charge is 0.573 e. The number of hydrogen-bond donors (Lipinski definition) is 1. The molecule has 0 unspecified atom stereocenters. The van der Waals surface area contributed by atoms with Gasteiger partial charge in [0.15, 0.2) is 11.6 Å². The van der Waals surface area contributed by atoms with Crippen LogP contribution in [0.15, 0.2) is 24.3 Å². The predicted octanol–water partition coefficient (Wildman–Crippen LogP) is 4.76. The average Bonchev–Trinajstić information content (AvgIpc) is 2.29. The smallest absolute Gasteiger partial charge is 0.402 e. The average molecular weight is 301 g/mol. The number of rotatable bonds is 1. The molecule has 0 aromatic heterocycles. The Bertz CT molecular complexity index is 687. The quantitative estimate of drug-likeness (QED) is 0.609. The highest BCUT2D eigenvalue weighted by Crippen LogP contribution is 2.40. The molecule has 6 heteroatoms. The third-order valence-electron chi connectivity index (χ3n) is 3.07. The lowest BCUT2D eigenvalue weighted by atomic mass is 9.83. The highest BCUT2D eigenvalue weighted by atomic mass is 19.4. The molecule has 2 aromatic rings. The van der Waals surface area contributed by atoms with Crippen molar-refractivity contribution in [1.82, 2.24) is 0 Å². The zero-order valence-corrected chi connectivity index (χ0v) is 11.8. The van der Waals surface area contributed by atoms with Crippen molar-refractivity contribution in [2.45, 2.75) is 32.5 Å². The molecule has 0 atom stereocenters. The number of fused-ring (bicyclic) bond motifs is 1. The van der Waals surface area contributed by atoms with Crippen molar-refractivity contribution < 1.29 is 22.3 Å². The van der Waals surface area contributed by atoms with E-state index in [-0.39, 0.29) is 5.39 Å². The van der Waals surface area contributed by atoms with Gasteiger partial charge in [0.25, 0.3) is 0 Å². The Labute approximate surface area is 119 Å². The molecule has 0 aliphatic heterocycles. The van der Waals surface area contributed by atoms with Crippen molar-refractivity contribution in [3.63, 3.8) is 0 Å². The molecule has 0 radical (unpaired) electrons. The van der Waals surface area contributed by atoms with Gasteiger partial charge in [0, 0.05) is 11.1 Å². The lowest BCUT2D eigenvalue weighted by Crippen LogP contribution is -2.20. The predicted molar refractivity (Wildman–Crippen MR) is 73.7 cm³/mol. The summed E-state index contributed by atoms with van der Waals surface area (Å²) in [6.45, 7) is 5.43. The maximum Gasteiger partial charge on any atom is 0.573 e. The van der Waals surface area contributed by atoms with Crippen molar-refractivity contribution in [1.29, 1.82) is 0 Å². The SMILES string of the molecule is CC(C)(C)c1cc(N)cc2ccc(F)c(OC(F)(F)F)c12. The topological polar surface area (TPSA) is 35.2 Å². The number of halogens is 4. The molecule has 21 heavy (non-hydrogen) atoms. The fourth-order valence-corrected chi connectivity index (χ4v) is 2.24. The van der Waals surface area contributed by atoms with Crippen LogP contribution in [-0.4, -0.2) is 6.36 Å². The second kappa shape index (κ2) is 4.79. The van der Waals surface area contributed by atoms with Crippen molar-refractivity contribution in [2.75, 3.05) is 5.73 Å². The maximum absolute atomic E-state index is 13.9. The van der Waals surface area contributed by atoms with Gasteiger partial charge in [-0.05, 0) is 34.6 Å². The van der Waals surface area contributed by atoms with Gasteiger partial charge in [0.05, 0.1) is 0 Å². The van der Waals surface area contributed by atoms with E-state index in [1.54, 1.807) is 6.07 Å². The summed E-state index contributed by atoms with van der Waals surface area (Å²) in [5, 5.41) is 0.495. The molecular weight excluding hydrogens is 286 g/mol. The molecule has 2 N–H and O–H groups in total. The van der Waals surface area contributed by atoms with Crippen LogP contribution in [0.2, 0.25) is 0 Å². The van der Waals surface area contributed by atoms with Gasteiger partial charge in [-0.1, -0.05) is 26.8 Å². The number of nitrogen functional groups attached to an aromatic ring is 1. The lowest BCUT2D eigenvalue weighted by molar-refractivity contribution is -0.275. The summed E-state index contributed by atoms with van der Waals surface area (Å²) in [6.07, 6.45) is -4.97. The molecule has 2 aromatic carbocycles. The molecule has 2 nitrogen and oxygen atoms in total. The first-order chi connectivity index (χ1) is 9.49. The molecule has 0 bridgehead atoms. The fraction of sp³-hybridized carbons (Fsp3) is 0.333. The number of hydrogen-bond acceptors (Lipinski definition) is 2. The molecule has 0 spiro atoms. The van der Waals surface area contributed by atoms with E-state index in [0.717, 1.165) is 6.07 Å². The zero-order valence-electron chi connectivity index (χ0n) is 11.8. The Kier molecular flexibility index (Phi) is 3.51. The summed E-state index contributed by atoms with van der Waals surface area (Å²) in [5.74, 6) is -1.87. The minimum Gasteiger partial charge on any atom is -0.402 e. The highest BCUT2D eigenvalue weighted by Gasteiger charge is 2.34. The van der Waals surface area contributed by atoms with Crippen LogP contribution in [0, 0.1) is 5.82 Å². The molecule has 0 aliphatic rings. The molecule has 0 saturated heterocycles. The fourth-order valence-electron chi connectivity index (χ4n) is 2.24. The van der Waals surface area contributed by atoms with E-state index in [4.69, 9.17) is 5.73 Å². The molecule has 0 aliphatic carbocycles. The van der Waals surface area contributed by atoms with Crippen molar-refractivity contribution in [2.24, 2.45) is 0 Å². The van der Waals surface area contributed by atoms with Crippen LogP contribution < -0.4 is 10.5 Å². The second-order valence-electron chi connectivity index (χ2n) is 5.84. The zero-order chi connectivity index (χ0) is 16.0. The van der Waals surface area contributed by atoms with Gasteiger partial charge in [-0.15, -0.1) is 13.2 Å². The van der Waals surface area contributed by atoms with E-state index < -0.39 is 23.3 Å². The summed E-state index contributed by atoms with van der Waals surface area (Å²) in [7, 11) is 0. The minimum atomic E-state index is -4.97. The highest BCUT2D eigenvalue weighted by molar-refractivity contribution is 5.94. The summed E-state index contributed by atoms with van der Waals surface area (Å²) in [5.41, 5.74) is 6.15. The standard InChI is InChI=1S/C15H15F4NO/c1-14(2,3)10-7-9(20)6-8-4-5-11(16)13(12(8)10)21-15(17,18)19/h4-7H,20H2,1-3H3. The third kappa shape index (κ3) is 3.20. The van der Waals surface area contributed by atoms with E-state index in [2.05, 4.69) is 4.74 Å². The van der Waals surface area contributed by atoms with Crippen LogP contribution in [0.25, 0.3) is 10.8 Å². The van der Waals surface area contributed by atoms with Crippen molar-refractivity contribution in [3.05, 3.63) is 35.6 Å². The molecular formula is C15H15F4NO. The Morgan fingerprint density at radius 2 is 1.67 bits per heavy atom. The first-order valence-electron chi connectivity index (χ1n) is 6.27. The molecule has 2 rings (SSSR count). The second-order valence-corrected chi connectivity index (χ2v) is 5.84. The number of anilines is 1. The van der Waals surface area contributed by atoms with Crippen LogP contribution in [0.1, 0.15) is 26.3 Å². The summed E-state index contributed by atoms with van der Waals surface area (Å²) >= 11 is 0. The van der Waals surface area contributed by atoms with Gasteiger partial charge >= 0.3 is 6.36 Å². The van der Waals surface area contributed by atoms with Gasteiger partial charge in [-0.3, -0.25) is 0 Å². The number of nitrogens with two attached hydrogens (primary N) is 1. The normalized spacial score (nSPS) is 12.7. The van der Waals surface area contributed by atoms with E-state index in [9.17, 15) is 17.6 Å². The maximum atomic E-state index is 13.9. The van der Waals surface area contributed by atoms with Gasteiger partial charge in [0.1, 0.15) is 0 Å². The van der Waals surface area contributed by atoms with Crippen LogP contribution in [-0.2, 0) is 5.41 Å². The molecule has 114 valence electrons. The van der Waals surface area contributed by atoms with Crippen LogP contribution in [0.5, 0.6) is 5.75 Å². The van der Waals surface area contributed by atoms with E-state index in [0.29, 0.717) is 16.6 Å². The summed E-state index contributed by atoms with van der Waals surface area (Å²) in [6, 6.07) is 5.37. The van der Waals surface area contributed by atoms with Crippen molar-refractivity contribution in [3.8, 4) is 5.75 Å². The number of alkyl halides is 3. The number of ether oxygens (including phenoxy) is 1. The number of benzene rings is 2. The molecule has 0 fully saturated rings. The van der Waals surface area contributed by atoms with E-state index in [1.807, 2.05) is 20.8 Å². The Morgan fingerprint density at radius 3 is 2.19 bits per heavy atom. The molecule has 0 heterocycles. The minimum absolute atomic E-state index is 0.0917. The van der Waals surface area contributed by atoms with Crippen LogP contribution in [0.3, 0.4) is 0 Å². The van der Waals surface area contributed by atoms with Crippen LogP contribution >= 0.6 is 0 Å². The lowest BCUT2D eigenvalue weighted by Gasteiger charge is -2.24. The summed E-state index contributed by atoms with van der Waals surface area (Å²) in [4.78, 5) is 0. The first kappa shape index (κ1) is 15.4. The van der Waals surface area contributed by atoms with Gasteiger partial charge in [-0.2, -0.15) is 0 Å². The third-order valence-corrected chi connectivity index (χ3v) is 3.07. The Balaban J connectivity index is 2.87. The summed E-state index contributed by atoms with van der Waals surface area (Å²) < 4.78 is 55.4. The Hall–Kier alpha value is -1.98. The molecule has 0 amide bonds. The van der Waals surface area contributed by atoms with Gasteiger partial charge < -0.3 is 10.5 Å². The van der Waals surface area contributed by atoms with Gasteiger partial charge in [0.2, 0.25) is 0 Å². The van der Waals surface area contributed by atoms with E-state index in [1.165, 1.54) is 12.1 Å².